The summed E-state index contributed by atoms with van der Waals surface area (Å²) in [4.78, 5) is 37.3. The highest BCUT2D eigenvalue weighted by Gasteiger charge is 2.34. The number of hydrogen-bond donors (Lipinski definition) is 1. The predicted molar refractivity (Wildman–Crippen MR) is 66.6 cm³/mol. The molecule has 1 aliphatic rings. The minimum Gasteiger partial charge on any atom is -0.480 e. The third-order valence-electron chi connectivity index (χ3n) is 3.23. The van der Waals surface area contributed by atoms with Gasteiger partial charge in [0.05, 0.1) is 7.11 Å². The number of aliphatic carboxylic acids is 1. The van der Waals surface area contributed by atoms with Crippen LogP contribution >= 0.6 is 0 Å². The number of carboxylic acid groups (broad SMARTS) is 1. The van der Waals surface area contributed by atoms with Gasteiger partial charge in [-0.05, 0) is 26.2 Å². The van der Waals surface area contributed by atoms with Crippen molar-refractivity contribution in [2.75, 3.05) is 26.7 Å². The quantitative estimate of drug-likeness (QED) is 0.755. The molecule has 19 heavy (non-hydrogen) atoms. The molecule has 108 valence electrons. The summed E-state index contributed by atoms with van der Waals surface area (Å²) < 4.78 is 4.53. The molecule has 7 nitrogen and oxygen atoms in total. The molecule has 1 rings (SSSR count). The maximum Gasteiger partial charge on any atom is 0.326 e. The molecule has 0 aromatic rings. The number of carbonyl (C=O) groups is 3. The zero-order valence-corrected chi connectivity index (χ0v) is 11.3. The molecule has 1 unspecified atom stereocenters. The van der Waals surface area contributed by atoms with Crippen molar-refractivity contribution in [3.05, 3.63) is 0 Å². The predicted octanol–water partition coefficient (Wildman–Crippen LogP) is 0.540. The monoisotopic (exact) mass is 272 g/mol. The molecule has 0 bridgehead atoms. The molecule has 1 atom stereocenters. The number of likely N-dealkylation sites (N-methyl/N-ethyl adjacent to an activating group) is 1. The van der Waals surface area contributed by atoms with Crippen molar-refractivity contribution in [3.8, 4) is 0 Å². The van der Waals surface area contributed by atoms with Gasteiger partial charge >= 0.3 is 18.0 Å². The van der Waals surface area contributed by atoms with Crippen LogP contribution in [0.3, 0.4) is 0 Å². The first-order valence-electron chi connectivity index (χ1n) is 6.36. The standard InChI is InChI=1S/C12H20N2O5/c1-3-13(8-10(15)19-2)12(18)14-7-5-4-6-9(14)11(16)17/h9H,3-8H2,1-2H3,(H,16,17). The van der Waals surface area contributed by atoms with E-state index >= 15 is 0 Å². The number of amides is 2. The van der Waals surface area contributed by atoms with E-state index in [4.69, 9.17) is 5.11 Å². The van der Waals surface area contributed by atoms with Crippen molar-refractivity contribution >= 4 is 18.0 Å². The molecule has 1 saturated heterocycles. The minimum atomic E-state index is -0.998. The topological polar surface area (TPSA) is 87.2 Å². The summed E-state index contributed by atoms with van der Waals surface area (Å²) in [7, 11) is 1.25. The van der Waals surface area contributed by atoms with Crippen molar-refractivity contribution in [3.63, 3.8) is 0 Å². The van der Waals surface area contributed by atoms with E-state index in [1.807, 2.05) is 0 Å². The van der Waals surface area contributed by atoms with Crippen LogP contribution in [-0.2, 0) is 14.3 Å². The SMILES string of the molecule is CCN(CC(=O)OC)C(=O)N1CCCCC1C(=O)O. The zero-order valence-electron chi connectivity index (χ0n) is 11.3. The minimum absolute atomic E-state index is 0.158. The number of rotatable bonds is 4. The van der Waals surface area contributed by atoms with E-state index in [0.29, 0.717) is 19.5 Å². The molecule has 1 aliphatic heterocycles. The van der Waals surface area contributed by atoms with E-state index in [1.54, 1.807) is 6.92 Å². The summed E-state index contributed by atoms with van der Waals surface area (Å²) in [5.41, 5.74) is 0. The first-order valence-corrected chi connectivity index (χ1v) is 6.36. The van der Waals surface area contributed by atoms with Crippen molar-refractivity contribution in [1.82, 2.24) is 9.80 Å². The number of carboxylic acids is 1. The van der Waals surface area contributed by atoms with Crippen LogP contribution in [-0.4, -0.2) is 65.7 Å². The summed E-state index contributed by atoms with van der Waals surface area (Å²) in [6, 6.07) is -1.21. The summed E-state index contributed by atoms with van der Waals surface area (Å²) >= 11 is 0. The largest absolute Gasteiger partial charge is 0.480 e. The van der Waals surface area contributed by atoms with Gasteiger partial charge in [-0.3, -0.25) is 4.79 Å². The Labute approximate surface area is 112 Å². The van der Waals surface area contributed by atoms with Crippen molar-refractivity contribution in [2.24, 2.45) is 0 Å². The van der Waals surface area contributed by atoms with Crippen molar-refractivity contribution in [2.45, 2.75) is 32.2 Å². The van der Waals surface area contributed by atoms with Gasteiger partial charge in [-0.15, -0.1) is 0 Å². The molecule has 7 heteroatoms. The van der Waals surface area contributed by atoms with Gasteiger partial charge in [0.1, 0.15) is 12.6 Å². The Morgan fingerprint density at radius 3 is 2.58 bits per heavy atom. The third-order valence-corrected chi connectivity index (χ3v) is 3.23. The van der Waals surface area contributed by atoms with Crippen LogP contribution in [0, 0.1) is 0 Å². The van der Waals surface area contributed by atoms with Gasteiger partial charge in [0.2, 0.25) is 0 Å². The molecule has 0 aliphatic carbocycles. The number of esters is 1. The molecule has 1 heterocycles. The second-order valence-electron chi connectivity index (χ2n) is 4.42. The second kappa shape index (κ2) is 6.96. The number of carbonyl (C=O) groups excluding carboxylic acids is 2. The lowest BCUT2D eigenvalue weighted by Gasteiger charge is -2.36. The molecule has 0 aromatic heterocycles. The molecule has 0 saturated carbocycles. The lowest BCUT2D eigenvalue weighted by atomic mass is 10.0. The molecule has 0 radical (unpaired) electrons. The first kappa shape index (κ1) is 15.3. The molecule has 1 N–H and O–H groups in total. The lowest BCUT2D eigenvalue weighted by Crippen LogP contribution is -2.54. The Morgan fingerprint density at radius 2 is 2.05 bits per heavy atom. The number of piperidine rings is 1. The second-order valence-corrected chi connectivity index (χ2v) is 4.42. The van der Waals surface area contributed by atoms with Gasteiger partial charge < -0.3 is 19.6 Å². The van der Waals surface area contributed by atoms with Gasteiger partial charge in [-0.2, -0.15) is 0 Å². The van der Waals surface area contributed by atoms with Crippen LogP contribution in [0.2, 0.25) is 0 Å². The highest BCUT2D eigenvalue weighted by molar-refractivity contribution is 5.85. The number of likely N-dealkylation sites (tertiary alicyclic amines) is 1. The third kappa shape index (κ3) is 3.84. The number of hydrogen-bond acceptors (Lipinski definition) is 4. The number of methoxy groups -OCH3 is 1. The fraction of sp³-hybridized carbons (Fsp3) is 0.750. The van der Waals surface area contributed by atoms with E-state index in [0.717, 1.165) is 12.8 Å². The number of ether oxygens (including phenoxy) is 1. The van der Waals surface area contributed by atoms with Gasteiger partial charge in [0.15, 0.2) is 0 Å². The normalized spacial score (nSPS) is 18.8. The molecule has 2 amide bonds. The van der Waals surface area contributed by atoms with Crippen LogP contribution < -0.4 is 0 Å². The fourth-order valence-corrected chi connectivity index (χ4v) is 2.13. The van der Waals surface area contributed by atoms with Crippen LogP contribution in [0.1, 0.15) is 26.2 Å². The fourth-order valence-electron chi connectivity index (χ4n) is 2.13. The van der Waals surface area contributed by atoms with E-state index in [9.17, 15) is 14.4 Å². The van der Waals surface area contributed by atoms with Gasteiger partial charge in [0, 0.05) is 13.1 Å². The van der Waals surface area contributed by atoms with Gasteiger partial charge in [-0.1, -0.05) is 0 Å². The highest BCUT2D eigenvalue weighted by Crippen LogP contribution is 2.19. The molecular weight excluding hydrogens is 252 g/mol. The smallest absolute Gasteiger partial charge is 0.326 e. The average molecular weight is 272 g/mol. The zero-order chi connectivity index (χ0) is 14.4. The Hall–Kier alpha value is -1.79. The maximum atomic E-state index is 12.3. The van der Waals surface area contributed by atoms with Gasteiger partial charge in [-0.25, -0.2) is 9.59 Å². The molecule has 0 spiro atoms. The van der Waals surface area contributed by atoms with Crippen LogP contribution in [0.15, 0.2) is 0 Å². The summed E-state index contributed by atoms with van der Waals surface area (Å²) in [5.74, 6) is -1.51. The average Bonchev–Trinajstić information content (AvgIpc) is 2.43. The maximum absolute atomic E-state index is 12.3. The van der Waals surface area contributed by atoms with E-state index in [1.165, 1.54) is 16.9 Å². The number of nitrogens with zero attached hydrogens (tertiary/aromatic N) is 2. The summed E-state index contributed by atoms with van der Waals surface area (Å²) in [6.45, 7) is 2.32. The summed E-state index contributed by atoms with van der Waals surface area (Å²) in [5, 5.41) is 9.14. The molecule has 0 aromatic carbocycles. The van der Waals surface area contributed by atoms with Crippen LogP contribution in [0.25, 0.3) is 0 Å². The Kier molecular flexibility index (Phi) is 5.59. The van der Waals surface area contributed by atoms with Gasteiger partial charge in [0.25, 0.3) is 0 Å². The van der Waals surface area contributed by atoms with Crippen LogP contribution in [0.4, 0.5) is 4.79 Å². The Bertz CT molecular complexity index is 358. The number of urea groups is 1. The lowest BCUT2D eigenvalue weighted by molar-refractivity contribution is -0.143. The summed E-state index contributed by atoms with van der Waals surface area (Å²) in [6.07, 6.45) is 2.03. The first-order chi connectivity index (χ1) is 9.01. The highest BCUT2D eigenvalue weighted by atomic mass is 16.5. The molecule has 1 fully saturated rings. The Balaban J connectivity index is 2.76. The van der Waals surface area contributed by atoms with E-state index in [-0.39, 0.29) is 6.54 Å². The van der Waals surface area contributed by atoms with Crippen molar-refractivity contribution < 1.29 is 24.2 Å². The van der Waals surface area contributed by atoms with Crippen molar-refractivity contribution in [1.29, 1.82) is 0 Å². The van der Waals surface area contributed by atoms with E-state index in [2.05, 4.69) is 4.74 Å². The van der Waals surface area contributed by atoms with Crippen LogP contribution in [0.5, 0.6) is 0 Å². The Morgan fingerprint density at radius 1 is 1.37 bits per heavy atom. The molecular formula is C12H20N2O5. The van der Waals surface area contributed by atoms with E-state index < -0.39 is 24.0 Å².